The topological polar surface area (TPSA) is 103 Å². The molecule has 0 aliphatic rings. The first-order chi connectivity index (χ1) is 14.7. The Morgan fingerprint density at radius 1 is 1.03 bits per heavy atom. The minimum Gasteiger partial charge on any atom is -0.454 e. The molecule has 2 heterocycles. The number of nitrogens with one attached hydrogen (secondary N) is 1. The molecule has 0 saturated carbocycles. The van der Waals surface area contributed by atoms with Crippen LogP contribution < -0.4 is 5.32 Å². The van der Waals surface area contributed by atoms with E-state index in [4.69, 9.17) is 4.74 Å². The van der Waals surface area contributed by atoms with E-state index in [1.165, 1.54) is 6.20 Å². The van der Waals surface area contributed by atoms with Crippen LogP contribution in [0.15, 0.2) is 42.7 Å². The predicted molar refractivity (Wildman–Crippen MR) is 117 cm³/mol. The summed E-state index contributed by atoms with van der Waals surface area (Å²) in [5.41, 5.74) is 1.94. The molecule has 0 radical (unpaired) electrons. The molecule has 31 heavy (non-hydrogen) atoms. The van der Waals surface area contributed by atoms with Crippen LogP contribution >= 0.6 is 0 Å². The molecule has 1 amide bonds. The zero-order valence-corrected chi connectivity index (χ0v) is 18.1. The summed E-state index contributed by atoms with van der Waals surface area (Å²) < 4.78 is 6.93. The van der Waals surface area contributed by atoms with Crippen molar-refractivity contribution in [3.05, 3.63) is 53.9 Å². The third-order valence-electron chi connectivity index (χ3n) is 4.58. The van der Waals surface area contributed by atoms with Crippen molar-refractivity contribution < 1.29 is 19.1 Å². The summed E-state index contributed by atoms with van der Waals surface area (Å²) >= 11 is 0. The van der Waals surface area contributed by atoms with Gasteiger partial charge in [-0.15, -0.1) is 0 Å². The molecule has 162 valence electrons. The highest BCUT2D eigenvalue weighted by molar-refractivity contribution is 6.00. The van der Waals surface area contributed by atoms with Gasteiger partial charge in [-0.3, -0.25) is 9.59 Å². The number of rotatable bonds is 8. The van der Waals surface area contributed by atoms with Crippen LogP contribution in [0.3, 0.4) is 0 Å². The van der Waals surface area contributed by atoms with Gasteiger partial charge in [0.1, 0.15) is 0 Å². The number of ether oxygens (including phenoxy) is 1. The third kappa shape index (κ3) is 5.53. The number of carbonyl (C=O) groups is 3. The number of anilines is 1. The highest BCUT2D eigenvalue weighted by Gasteiger charge is 2.15. The van der Waals surface area contributed by atoms with Crippen LogP contribution in [-0.2, 0) is 9.53 Å². The number of nitrogens with zero attached hydrogens (tertiary/aromatic N) is 3. The highest BCUT2D eigenvalue weighted by atomic mass is 16.5. The maximum atomic E-state index is 12.4. The van der Waals surface area contributed by atoms with Gasteiger partial charge < -0.3 is 10.1 Å². The van der Waals surface area contributed by atoms with Crippen LogP contribution in [0, 0.1) is 5.92 Å². The second-order valence-corrected chi connectivity index (χ2v) is 8.04. The zero-order valence-electron chi connectivity index (χ0n) is 18.1. The first-order valence-electron chi connectivity index (χ1n) is 10.2. The molecule has 0 fully saturated rings. The molecule has 0 bridgehead atoms. The number of carbonyl (C=O) groups excluding carboxylic acids is 3. The van der Waals surface area contributed by atoms with E-state index in [1.54, 1.807) is 41.2 Å². The van der Waals surface area contributed by atoms with Crippen LogP contribution in [0.25, 0.3) is 11.0 Å². The van der Waals surface area contributed by atoms with Gasteiger partial charge in [0, 0.05) is 35.3 Å². The number of amides is 1. The molecule has 2 aromatic heterocycles. The molecule has 0 unspecified atom stereocenters. The number of benzene rings is 1. The van der Waals surface area contributed by atoms with E-state index in [0.717, 1.165) is 5.39 Å². The molecular weight excluding hydrogens is 396 g/mol. The second kappa shape index (κ2) is 9.51. The van der Waals surface area contributed by atoms with Crippen LogP contribution in [0.1, 0.15) is 60.9 Å². The van der Waals surface area contributed by atoms with Crippen molar-refractivity contribution >= 4 is 34.4 Å². The minimum absolute atomic E-state index is 0.0764. The van der Waals surface area contributed by atoms with Gasteiger partial charge in [-0.2, -0.15) is 5.10 Å². The van der Waals surface area contributed by atoms with E-state index in [1.807, 2.05) is 27.7 Å². The molecule has 0 aliphatic heterocycles. The lowest BCUT2D eigenvalue weighted by Crippen LogP contribution is -2.15. The molecule has 3 rings (SSSR count). The largest absolute Gasteiger partial charge is 0.454 e. The van der Waals surface area contributed by atoms with E-state index in [2.05, 4.69) is 15.4 Å². The Kier molecular flexibility index (Phi) is 6.79. The van der Waals surface area contributed by atoms with Crippen molar-refractivity contribution in [2.24, 2.45) is 5.92 Å². The SMILES string of the molecule is CC(C)CC(=O)Nc1ccc(C(=O)COC(=O)c2cnc3c(cnn3C(C)C)c2)cc1. The Balaban J connectivity index is 1.58. The van der Waals surface area contributed by atoms with Gasteiger partial charge in [-0.25, -0.2) is 14.5 Å². The van der Waals surface area contributed by atoms with Crippen LogP contribution in [0.4, 0.5) is 5.69 Å². The number of aromatic nitrogens is 3. The van der Waals surface area contributed by atoms with Gasteiger partial charge in [-0.05, 0) is 50.1 Å². The fourth-order valence-electron chi connectivity index (χ4n) is 3.05. The number of fused-ring (bicyclic) bond motifs is 1. The normalized spacial score (nSPS) is 11.2. The van der Waals surface area contributed by atoms with Gasteiger partial charge in [-0.1, -0.05) is 13.8 Å². The Labute approximate surface area is 180 Å². The lowest BCUT2D eigenvalue weighted by molar-refractivity contribution is -0.116. The minimum atomic E-state index is -0.627. The lowest BCUT2D eigenvalue weighted by Gasteiger charge is -2.08. The Bertz CT molecular complexity index is 1100. The highest BCUT2D eigenvalue weighted by Crippen LogP contribution is 2.17. The summed E-state index contributed by atoms with van der Waals surface area (Å²) in [7, 11) is 0. The summed E-state index contributed by atoms with van der Waals surface area (Å²) in [6.45, 7) is 7.54. The van der Waals surface area contributed by atoms with Crippen LogP contribution in [-0.4, -0.2) is 39.0 Å². The second-order valence-electron chi connectivity index (χ2n) is 8.04. The first kappa shape index (κ1) is 22.1. The van der Waals surface area contributed by atoms with Crippen LogP contribution in [0.5, 0.6) is 0 Å². The summed E-state index contributed by atoms with van der Waals surface area (Å²) in [6.07, 6.45) is 3.49. The van der Waals surface area contributed by atoms with Crippen molar-refractivity contribution in [3.63, 3.8) is 0 Å². The molecule has 0 atom stereocenters. The van der Waals surface area contributed by atoms with E-state index in [-0.39, 0.29) is 35.8 Å². The summed E-state index contributed by atoms with van der Waals surface area (Å²) in [5, 5.41) is 7.78. The zero-order chi connectivity index (χ0) is 22.5. The van der Waals surface area contributed by atoms with Crippen molar-refractivity contribution in [2.75, 3.05) is 11.9 Å². The molecule has 0 saturated heterocycles. The number of hydrogen-bond acceptors (Lipinski definition) is 6. The molecule has 8 heteroatoms. The van der Waals surface area contributed by atoms with Gasteiger partial charge in [0.05, 0.1) is 11.8 Å². The molecule has 1 aromatic carbocycles. The van der Waals surface area contributed by atoms with Crippen molar-refractivity contribution in [3.8, 4) is 0 Å². The quantitative estimate of drug-likeness (QED) is 0.434. The van der Waals surface area contributed by atoms with Gasteiger partial charge >= 0.3 is 5.97 Å². The predicted octanol–water partition coefficient (Wildman–Crippen LogP) is 4.04. The standard InChI is InChI=1S/C23H26N4O4/c1-14(2)9-21(29)26-19-7-5-16(6-8-19)20(28)13-31-23(30)18-10-17-12-25-27(15(3)4)22(17)24-11-18/h5-8,10-12,14-15H,9,13H2,1-4H3,(H,26,29). The Hall–Kier alpha value is -3.55. The molecule has 0 spiro atoms. The summed E-state index contributed by atoms with van der Waals surface area (Å²) in [4.78, 5) is 40.8. The fraction of sp³-hybridized carbons (Fsp3) is 0.348. The Morgan fingerprint density at radius 3 is 2.39 bits per heavy atom. The van der Waals surface area contributed by atoms with E-state index in [0.29, 0.717) is 23.3 Å². The monoisotopic (exact) mass is 422 g/mol. The maximum absolute atomic E-state index is 12.4. The molecule has 1 N–H and O–H groups in total. The summed E-state index contributed by atoms with van der Waals surface area (Å²) in [6, 6.07) is 8.28. The summed E-state index contributed by atoms with van der Waals surface area (Å²) in [5.74, 6) is -0.780. The fourth-order valence-corrected chi connectivity index (χ4v) is 3.05. The maximum Gasteiger partial charge on any atom is 0.340 e. The Morgan fingerprint density at radius 2 is 1.74 bits per heavy atom. The van der Waals surface area contributed by atoms with Gasteiger partial charge in [0.25, 0.3) is 0 Å². The molecular formula is C23H26N4O4. The van der Waals surface area contributed by atoms with Gasteiger partial charge in [0.2, 0.25) is 5.91 Å². The third-order valence-corrected chi connectivity index (χ3v) is 4.58. The molecule has 0 aliphatic carbocycles. The number of esters is 1. The van der Waals surface area contributed by atoms with Crippen molar-refractivity contribution in [2.45, 2.75) is 40.2 Å². The smallest absolute Gasteiger partial charge is 0.340 e. The lowest BCUT2D eigenvalue weighted by atomic mass is 10.1. The number of hydrogen-bond donors (Lipinski definition) is 1. The number of Topliss-reactive ketones (excluding diaryl/α,β-unsaturated/α-hetero) is 1. The average molecular weight is 422 g/mol. The molecule has 8 nitrogen and oxygen atoms in total. The van der Waals surface area contributed by atoms with Gasteiger partial charge in [0.15, 0.2) is 18.0 Å². The average Bonchev–Trinajstić information content (AvgIpc) is 3.15. The number of pyridine rings is 1. The van der Waals surface area contributed by atoms with Crippen molar-refractivity contribution in [1.29, 1.82) is 0 Å². The first-order valence-corrected chi connectivity index (χ1v) is 10.2. The van der Waals surface area contributed by atoms with E-state index in [9.17, 15) is 14.4 Å². The van der Waals surface area contributed by atoms with E-state index >= 15 is 0 Å². The van der Waals surface area contributed by atoms with Crippen LogP contribution in [0.2, 0.25) is 0 Å². The number of ketones is 1. The molecule has 3 aromatic rings. The van der Waals surface area contributed by atoms with E-state index < -0.39 is 5.97 Å². The van der Waals surface area contributed by atoms with Crippen molar-refractivity contribution in [1.82, 2.24) is 14.8 Å².